The molecule has 0 radical (unpaired) electrons. The van der Waals surface area contributed by atoms with Gasteiger partial charge in [0.2, 0.25) is 11.0 Å². The van der Waals surface area contributed by atoms with E-state index in [1.165, 1.54) is 23.1 Å². The number of nitrogens with one attached hydrogen (secondary N) is 2. The lowest BCUT2D eigenvalue weighted by Gasteiger charge is -2.07. The minimum atomic E-state index is -0.193. The molecule has 0 bridgehead atoms. The highest BCUT2D eigenvalue weighted by Crippen LogP contribution is 2.30. The van der Waals surface area contributed by atoms with Crippen LogP contribution in [0.15, 0.2) is 28.6 Å². The summed E-state index contributed by atoms with van der Waals surface area (Å²) in [6.07, 6.45) is 0. The number of anilines is 2. The van der Waals surface area contributed by atoms with Gasteiger partial charge in [0.05, 0.1) is 12.4 Å². The zero-order valence-corrected chi connectivity index (χ0v) is 14.3. The standard InChI is InChI=1S/C14H18N4O2S2/c1-4-15-12(19)9(2)21-14-18-17-13(22-14)16-10-5-7-11(20-3)8-6-10/h5-9H,4H2,1-3H3,(H,15,19)(H,16,17)/t9-/m0/s1. The second kappa shape index (κ2) is 8.00. The van der Waals surface area contributed by atoms with Crippen LogP contribution >= 0.6 is 23.1 Å². The van der Waals surface area contributed by atoms with E-state index >= 15 is 0 Å². The average Bonchev–Trinajstić information content (AvgIpc) is 2.95. The summed E-state index contributed by atoms with van der Waals surface area (Å²) in [5.74, 6) is 0.808. The molecule has 0 saturated carbocycles. The topological polar surface area (TPSA) is 76.1 Å². The molecule has 118 valence electrons. The maximum Gasteiger partial charge on any atom is 0.233 e. The largest absolute Gasteiger partial charge is 0.497 e. The van der Waals surface area contributed by atoms with Crippen molar-refractivity contribution < 1.29 is 9.53 Å². The fourth-order valence-electron chi connectivity index (χ4n) is 1.63. The lowest BCUT2D eigenvalue weighted by Crippen LogP contribution is -2.30. The van der Waals surface area contributed by atoms with Crippen LogP contribution in [0.4, 0.5) is 10.8 Å². The molecule has 0 aliphatic rings. The number of aromatic nitrogens is 2. The SMILES string of the molecule is CCNC(=O)[C@H](C)Sc1nnc(Nc2ccc(OC)cc2)s1. The third kappa shape index (κ3) is 4.60. The van der Waals surface area contributed by atoms with E-state index in [0.29, 0.717) is 11.7 Å². The van der Waals surface area contributed by atoms with Crippen LogP contribution in [0.3, 0.4) is 0 Å². The second-order valence-electron chi connectivity index (χ2n) is 4.38. The summed E-state index contributed by atoms with van der Waals surface area (Å²) in [5, 5.41) is 14.6. The molecule has 0 unspecified atom stereocenters. The maximum absolute atomic E-state index is 11.7. The van der Waals surface area contributed by atoms with Gasteiger partial charge in [-0.2, -0.15) is 0 Å². The fourth-order valence-corrected chi connectivity index (χ4v) is 3.57. The molecule has 1 atom stereocenters. The van der Waals surface area contributed by atoms with Crippen molar-refractivity contribution in [3.8, 4) is 5.75 Å². The smallest absolute Gasteiger partial charge is 0.233 e. The Morgan fingerprint density at radius 3 is 2.73 bits per heavy atom. The number of nitrogens with zero attached hydrogens (tertiary/aromatic N) is 2. The number of hydrogen-bond acceptors (Lipinski definition) is 7. The van der Waals surface area contributed by atoms with Crippen molar-refractivity contribution in [3.63, 3.8) is 0 Å². The van der Waals surface area contributed by atoms with Crippen LogP contribution in [-0.2, 0) is 4.79 Å². The van der Waals surface area contributed by atoms with Gasteiger partial charge in [-0.15, -0.1) is 10.2 Å². The second-order valence-corrected chi connectivity index (χ2v) is 6.95. The van der Waals surface area contributed by atoms with Crippen molar-refractivity contribution in [1.29, 1.82) is 0 Å². The number of ether oxygens (including phenoxy) is 1. The van der Waals surface area contributed by atoms with Crippen molar-refractivity contribution in [2.24, 2.45) is 0 Å². The van der Waals surface area contributed by atoms with Gasteiger partial charge in [-0.25, -0.2) is 0 Å². The van der Waals surface area contributed by atoms with E-state index in [-0.39, 0.29) is 11.2 Å². The lowest BCUT2D eigenvalue weighted by molar-refractivity contribution is -0.120. The summed E-state index contributed by atoms with van der Waals surface area (Å²) < 4.78 is 5.87. The maximum atomic E-state index is 11.7. The predicted molar refractivity (Wildman–Crippen MR) is 90.2 cm³/mol. The number of amides is 1. The summed E-state index contributed by atoms with van der Waals surface area (Å²) in [5.41, 5.74) is 0.908. The lowest BCUT2D eigenvalue weighted by atomic mass is 10.3. The molecule has 1 heterocycles. The highest BCUT2D eigenvalue weighted by molar-refractivity contribution is 8.02. The first kappa shape index (κ1) is 16.6. The van der Waals surface area contributed by atoms with E-state index in [2.05, 4.69) is 20.8 Å². The van der Waals surface area contributed by atoms with Gasteiger partial charge in [0, 0.05) is 12.2 Å². The summed E-state index contributed by atoms with van der Waals surface area (Å²) in [6.45, 7) is 4.38. The number of thioether (sulfide) groups is 1. The molecule has 8 heteroatoms. The van der Waals surface area contributed by atoms with Crippen LogP contribution < -0.4 is 15.4 Å². The summed E-state index contributed by atoms with van der Waals surface area (Å²) in [7, 11) is 1.63. The molecular weight excluding hydrogens is 320 g/mol. The van der Waals surface area contributed by atoms with E-state index in [0.717, 1.165) is 15.8 Å². The van der Waals surface area contributed by atoms with Gasteiger partial charge in [0.25, 0.3) is 0 Å². The van der Waals surface area contributed by atoms with Crippen molar-refractivity contribution in [2.75, 3.05) is 19.0 Å². The van der Waals surface area contributed by atoms with Gasteiger partial charge in [0.15, 0.2) is 4.34 Å². The van der Waals surface area contributed by atoms with E-state index in [1.807, 2.05) is 38.1 Å². The number of rotatable bonds is 7. The van der Waals surface area contributed by atoms with Crippen LogP contribution in [-0.4, -0.2) is 35.0 Å². The van der Waals surface area contributed by atoms with Gasteiger partial charge in [-0.1, -0.05) is 23.1 Å². The average molecular weight is 338 g/mol. The van der Waals surface area contributed by atoms with Crippen LogP contribution in [0.2, 0.25) is 0 Å². The Hall–Kier alpha value is -1.80. The molecule has 0 saturated heterocycles. The molecule has 22 heavy (non-hydrogen) atoms. The molecule has 6 nitrogen and oxygen atoms in total. The number of hydrogen-bond donors (Lipinski definition) is 2. The number of carbonyl (C=O) groups excluding carboxylic acids is 1. The first-order chi connectivity index (χ1) is 10.6. The number of carbonyl (C=O) groups is 1. The van der Waals surface area contributed by atoms with Crippen molar-refractivity contribution in [2.45, 2.75) is 23.4 Å². The number of methoxy groups -OCH3 is 1. The van der Waals surface area contributed by atoms with Crippen molar-refractivity contribution in [1.82, 2.24) is 15.5 Å². The Bertz CT molecular complexity index is 616. The van der Waals surface area contributed by atoms with Crippen molar-refractivity contribution >= 4 is 39.8 Å². The molecule has 0 aliphatic heterocycles. The van der Waals surface area contributed by atoms with E-state index < -0.39 is 0 Å². The molecule has 2 rings (SSSR count). The Kier molecular flexibility index (Phi) is 6.02. The zero-order chi connectivity index (χ0) is 15.9. The highest BCUT2D eigenvalue weighted by atomic mass is 32.2. The minimum absolute atomic E-state index is 0.00682. The van der Waals surface area contributed by atoms with Gasteiger partial charge in [-0.05, 0) is 38.1 Å². The highest BCUT2D eigenvalue weighted by Gasteiger charge is 2.16. The Morgan fingerprint density at radius 1 is 1.36 bits per heavy atom. The summed E-state index contributed by atoms with van der Waals surface area (Å²) >= 11 is 2.82. The van der Waals surface area contributed by atoms with E-state index in [9.17, 15) is 4.79 Å². The molecule has 0 aliphatic carbocycles. The molecule has 2 N–H and O–H groups in total. The fraction of sp³-hybridized carbons (Fsp3) is 0.357. The number of benzene rings is 1. The van der Waals surface area contributed by atoms with Gasteiger partial charge >= 0.3 is 0 Å². The van der Waals surface area contributed by atoms with Crippen LogP contribution in [0, 0.1) is 0 Å². The van der Waals surface area contributed by atoms with Crippen LogP contribution in [0.1, 0.15) is 13.8 Å². The molecule has 1 aromatic carbocycles. The van der Waals surface area contributed by atoms with Crippen molar-refractivity contribution in [3.05, 3.63) is 24.3 Å². The molecule has 0 spiro atoms. The normalized spacial score (nSPS) is 11.8. The molecule has 2 aromatic rings. The minimum Gasteiger partial charge on any atom is -0.497 e. The molecular formula is C14H18N4O2S2. The van der Waals surface area contributed by atoms with E-state index in [1.54, 1.807) is 7.11 Å². The van der Waals surface area contributed by atoms with E-state index in [4.69, 9.17) is 4.74 Å². The molecule has 1 amide bonds. The van der Waals surface area contributed by atoms with Gasteiger partial charge in [0.1, 0.15) is 5.75 Å². The summed E-state index contributed by atoms with van der Waals surface area (Å²) in [4.78, 5) is 11.7. The van der Waals surface area contributed by atoms with Crippen LogP contribution in [0.5, 0.6) is 5.75 Å². The monoisotopic (exact) mass is 338 g/mol. The van der Waals surface area contributed by atoms with Gasteiger partial charge in [-0.3, -0.25) is 4.79 Å². The Balaban J connectivity index is 1.94. The summed E-state index contributed by atoms with van der Waals surface area (Å²) in [6, 6.07) is 7.56. The predicted octanol–water partition coefficient (Wildman–Crippen LogP) is 2.91. The first-order valence-corrected chi connectivity index (χ1v) is 8.51. The molecule has 1 aromatic heterocycles. The quantitative estimate of drug-likeness (QED) is 0.756. The first-order valence-electron chi connectivity index (χ1n) is 6.81. The van der Waals surface area contributed by atoms with Gasteiger partial charge < -0.3 is 15.4 Å². The Morgan fingerprint density at radius 2 is 2.09 bits per heavy atom. The third-order valence-corrected chi connectivity index (χ3v) is 4.77. The molecule has 0 fully saturated rings. The zero-order valence-electron chi connectivity index (χ0n) is 12.6. The van der Waals surface area contributed by atoms with Crippen LogP contribution in [0.25, 0.3) is 0 Å². The Labute approximate surface area is 137 Å². The third-order valence-electron chi connectivity index (χ3n) is 2.75.